The molecule has 2 atom stereocenters. The second kappa shape index (κ2) is 16.2. The minimum Gasteiger partial charge on any atom is -0.466 e. The van der Waals surface area contributed by atoms with E-state index in [1.165, 1.54) is 0 Å². The van der Waals surface area contributed by atoms with E-state index in [0.29, 0.717) is 12.8 Å². The van der Waals surface area contributed by atoms with Crippen LogP contribution in [0, 0.1) is 5.92 Å². The number of ether oxygens (including phenoxy) is 3. The molecule has 0 aliphatic heterocycles. The van der Waals surface area contributed by atoms with Crippen LogP contribution >= 0.6 is 0 Å². The van der Waals surface area contributed by atoms with Gasteiger partial charge in [0.15, 0.2) is 5.60 Å². The fourth-order valence-electron chi connectivity index (χ4n) is 2.67. The van der Waals surface area contributed by atoms with Crippen molar-refractivity contribution in [3.8, 4) is 0 Å². The maximum atomic E-state index is 12.4. The normalized spacial score (nSPS) is 14.0. The summed E-state index contributed by atoms with van der Waals surface area (Å²) in [5, 5.41) is 10.8. The Kier molecular flexibility index (Phi) is 15.3. The number of carbonyl (C=O) groups is 3. The third-order valence-electron chi connectivity index (χ3n) is 4.77. The van der Waals surface area contributed by atoms with Crippen molar-refractivity contribution in [3.05, 3.63) is 0 Å². The molecule has 0 heterocycles. The topological polar surface area (TPSA) is 99.1 Å². The lowest BCUT2D eigenvalue weighted by Crippen LogP contribution is -2.45. The standard InChI is InChI=1S/C22H40O7/c1-5-9-12-18(8-4)17-29-20(24)16-22(26,21(25)28-14-11-7-3)15-19(23)27-13-10-6-2/h18,26H,5-17H2,1-4H3. The summed E-state index contributed by atoms with van der Waals surface area (Å²) in [5.74, 6) is -2.22. The summed E-state index contributed by atoms with van der Waals surface area (Å²) >= 11 is 0. The summed E-state index contributed by atoms with van der Waals surface area (Å²) < 4.78 is 15.4. The largest absolute Gasteiger partial charge is 0.466 e. The number of aliphatic hydroxyl groups is 1. The molecule has 170 valence electrons. The van der Waals surface area contributed by atoms with E-state index in [9.17, 15) is 19.5 Å². The van der Waals surface area contributed by atoms with Crippen LogP contribution in [0.25, 0.3) is 0 Å². The molecule has 0 radical (unpaired) electrons. The molecule has 0 fully saturated rings. The van der Waals surface area contributed by atoms with Gasteiger partial charge in [0.05, 0.1) is 32.7 Å². The Morgan fingerprint density at radius 3 is 1.83 bits per heavy atom. The van der Waals surface area contributed by atoms with E-state index < -0.39 is 36.4 Å². The highest BCUT2D eigenvalue weighted by atomic mass is 16.6. The van der Waals surface area contributed by atoms with Gasteiger partial charge in [-0.2, -0.15) is 0 Å². The van der Waals surface area contributed by atoms with Gasteiger partial charge in [-0.05, 0) is 25.2 Å². The highest BCUT2D eigenvalue weighted by Gasteiger charge is 2.43. The van der Waals surface area contributed by atoms with Crippen LogP contribution in [0.1, 0.15) is 91.9 Å². The Morgan fingerprint density at radius 2 is 1.31 bits per heavy atom. The predicted molar refractivity (Wildman–Crippen MR) is 110 cm³/mol. The van der Waals surface area contributed by atoms with Gasteiger partial charge in [0, 0.05) is 0 Å². The zero-order valence-electron chi connectivity index (χ0n) is 18.7. The highest BCUT2D eigenvalue weighted by molar-refractivity contribution is 5.90. The van der Waals surface area contributed by atoms with Gasteiger partial charge in [-0.15, -0.1) is 0 Å². The Morgan fingerprint density at radius 1 is 0.793 bits per heavy atom. The number of hydrogen-bond donors (Lipinski definition) is 1. The van der Waals surface area contributed by atoms with Gasteiger partial charge in [-0.25, -0.2) is 4.79 Å². The van der Waals surface area contributed by atoms with Crippen molar-refractivity contribution in [2.24, 2.45) is 5.92 Å². The van der Waals surface area contributed by atoms with Crippen molar-refractivity contribution in [2.45, 2.75) is 97.5 Å². The molecule has 0 saturated carbocycles. The maximum absolute atomic E-state index is 12.4. The zero-order chi connectivity index (χ0) is 22.1. The first kappa shape index (κ1) is 27.4. The molecule has 0 spiro atoms. The number of carbonyl (C=O) groups excluding carboxylic acids is 3. The lowest BCUT2D eigenvalue weighted by Gasteiger charge is -2.25. The van der Waals surface area contributed by atoms with Crippen LogP contribution in [0.4, 0.5) is 0 Å². The number of unbranched alkanes of at least 4 members (excludes halogenated alkanes) is 3. The molecule has 7 nitrogen and oxygen atoms in total. The molecule has 0 rings (SSSR count). The molecule has 0 aromatic rings. The van der Waals surface area contributed by atoms with Gasteiger partial charge in [0.1, 0.15) is 0 Å². The van der Waals surface area contributed by atoms with Crippen molar-refractivity contribution in [3.63, 3.8) is 0 Å². The summed E-state index contributed by atoms with van der Waals surface area (Å²) in [7, 11) is 0. The third-order valence-corrected chi connectivity index (χ3v) is 4.77. The van der Waals surface area contributed by atoms with Crippen LogP contribution in [-0.2, 0) is 28.6 Å². The molecule has 0 aromatic carbocycles. The molecule has 1 N–H and O–H groups in total. The summed E-state index contributed by atoms with van der Waals surface area (Å²) in [6.45, 7) is 8.57. The van der Waals surface area contributed by atoms with Gasteiger partial charge in [0.2, 0.25) is 0 Å². The fraction of sp³-hybridized carbons (Fsp3) is 0.864. The van der Waals surface area contributed by atoms with Crippen molar-refractivity contribution in [1.82, 2.24) is 0 Å². The second-order valence-electron chi connectivity index (χ2n) is 7.55. The number of esters is 3. The first-order valence-electron chi connectivity index (χ1n) is 11.0. The van der Waals surface area contributed by atoms with Crippen LogP contribution in [0.2, 0.25) is 0 Å². The van der Waals surface area contributed by atoms with Crippen molar-refractivity contribution in [1.29, 1.82) is 0 Å². The summed E-state index contributed by atoms with van der Waals surface area (Å²) in [4.78, 5) is 36.7. The van der Waals surface area contributed by atoms with Gasteiger partial charge < -0.3 is 19.3 Å². The lowest BCUT2D eigenvalue weighted by molar-refractivity contribution is -0.178. The summed E-state index contributed by atoms with van der Waals surface area (Å²) in [5.41, 5.74) is -2.28. The Bertz CT molecular complexity index is 478. The van der Waals surface area contributed by atoms with Crippen molar-refractivity contribution < 1.29 is 33.7 Å². The van der Waals surface area contributed by atoms with Gasteiger partial charge in [0.25, 0.3) is 0 Å². The van der Waals surface area contributed by atoms with Crippen LogP contribution < -0.4 is 0 Å². The minimum absolute atomic E-state index is 0.118. The lowest BCUT2D eigenvalue weighted by atomic mass is 9.95. The van der Waals surface area contributed by atoms with Crippen molar-refractivity contribution >= 4 is 17.9 Å². The van der Waals surface area contributed by atoms with E-state index in [1.54, 1.807) is 0 Å². The number of hydrogen-bond acceptors (Lipinski definition) is 7. The summed E-state index contributed by atoms with van der Waals surface area (Å²) in [6, 6.07) is 0. The average Bonchev–Trinajstić information content (AvgIpc) is 2.68. The van der Waals surface area contributed by atoms with Crippen molar-refractivity contribution in [2.75, 3.05) is 19.8 Å². The van der Waals surface area contributed by atoms with E-state index in [0.717, 1.165) is 38.5 Å². The molecule has 0 amide bonds. The van der Waals surface area contributed by atoms with Crippen LogP contribution in [0.3, 0.4) is 0 Å². The van der Waals surface area contributed by atoms with E-state index in [2.05, 4.69) is 6.92 Å². The molecule has 2 unspecified atom stereocenters. The highest BCUT2D eigenvalue weighted by Crippen LogP contribution is 2.21. The van der Waals surface area contributed by atoms with E-state index >= 15 is 0 Å². The van der Waals surface area contributed by atoms with Crippen LogP contribution in [-0.4, -0.2) is 48.4 Å². The SMILES string of the molecule is CCCCOC(=O)CC(O)(CC(=O)OCC(CC)CCCC)C(=O)OCCCC. The molecule has 0 saturated heterocycles. The van der Waals surface area contributed by atoms with Crippen LogP contribution in [0.15, 0.2) is 0 Å². The van der Waals surface area contributed by atoms with E-state index in [-0.39, 0.29) is 25.7 Å². The predicted octanol–water partition coefficient (Wildman–Crippen LogP) is 3.94. The van der Waals surface area contributed by atoms with Gasteiger partial charge >= 0.3 is 17.9 Å². The first-order chi connectivity index (χ1) is 13.8. The zero-order valence-corrected chi connectivity index (χ0v) is 18.7. The fourth-order valence-corrected chi connectivity index (χ4v) is 2.67. The smallest absolute Gasteiger partial charge is 0.339 e. The first-order valence-corrected chi connectivity index (χ1v) is 11.0. The van der Waals surface area contributed by atoms with Gasteiger partial charge in [-0.1, -0.05) is 59.8 Å². The molecule has 0 aromatic heterocycles. The van der Waals surface area contributed by atoms with Gasteiger partial charge in [-0.3, -0.25) is 9.59 Å². The molecule has 0 aliphatic rings. The Hall–Kier alpha value is -1.63. The monoisotopic (exact) mass is 416 g/mol. The second-order valence-corrected chi connectivity index (χ2v) is 7.55. The quantitative estimate of drug-likeness (QED) is 0.218. The van der Waals surface area contributed by atoms with E-state index in [4.69, 9.17) is 14.2 Å². The molecular formula is C22H40O7. The van der Waals surface area contributed by atoms with Crippen LogP contribution in [0.5, 0.6) is 0 Å². The number of rotatable bonds is 17. The Balaban J connectivity index is 4.91. The summed E-state index contributed by atoms with van der Waals surface area (Å²) in [6.07, 6.45) is 5.64. The molecular weight excluding hydrogens is 376 g/mol. The maximum Gasteiger partial charge on any atom is 0.339 e. The molecule has 29 heavy (non-hydrogen) atoms. The third kappa shape index (κ3) is 12.5. The Labute approximate surface area is 175 Å². The minimum atomic E-state index is -2.28. The molecule has 0 aliphatic carbocycles. The molecule has 7 heteroatoms. The molecule has 0 bridgehead atoms. The average molecular weight is 417 g/mol. The van der Waals surface area contributed by atoms with E-state index in [1.807, 2.05) is 20.8 Å².